The van der Waals surface area contributed by atoms with Crippen molar-refractivity contribution in [2.45, 2.75) is 6.42 Å². The third-order valence-corrected chi connectivity index (χ3v) is 5.03. The zero-order valence-electron chi connectivity index (χ0n) is 15.2. The molecule has 0 atom stereocenters. The fraction of sp³-hybridized carbons (Fsp3) is 0.0435. The molecule has 3 aromatic heterocycles. The zero-order valence-corrected chi connectivity index (χ0v) is 15.2. The molecule has 5 nitrogen and oxygen atoms in total. The molecule has 0 bridgehead atoms. The topological polar surface area (TPSA) is 55.4 Å². The smallest absolute Gasteiger partial charge is 0.159 e. The van der Waals surface area contributed by atoms with Gasteiger partial charge in [0, 0.05) is 47.9 Å². The molecule has 0 spiro atoms. The average molecular weight is 363 g/mol. The molecule has 4 aromatic rings. The summed E-state index contributed by atoms with van der Waals surface area (Å²) in [6, 6.07) is 9.99. The Balaban J connectivity index is 1.53. The van der Waals surface area contributed by atoms with Crippen LogP contribution < -0.4 is 0 Å². The number of allylic oxidation sites excluding steroid dienone is 1. The van der Waals surface area contributed by atoms with Gasteiger partial charge in [0.1, 0.15) is 5.65 Å². The second-order valence-corrected chi connectivity index (χ2v) is 6.62. The van der Waals surface area contributed by atoms with Crippen LogP contribution in [0.4, 0.5) is 5.69 Å². The number of fused-ring (bicyclic) bond motifs is 2. The van der Waals surface area contributed by atoms with Gasteiger partial charge in [-0.2, -0.15) is 0 Å². The molecule has 3 heterocycles. The molecule has 0 aliphatic heterocycles. The summed E-state index contributed by atoms with van der Waals surface area (Å²) in [6.45, 7) is 7.45. The molecule has 0 amide bonds. The fourth-order valence-corrected chi connectivity index (χ4v) is 3.60. The maximum absolute atomic E-state index is 4.82. The first-order valence-electron chi connectivity index (χ1n) is 9.00. The summed E-state index contributed by atoms with van der Waals surface area (Å²) in [4.78, 5) is 17.8. The molecule has 0 saturated heterocycles. The van der Waals surface area contributed by atoms with Crippen LogP contribution in [0.5, 0.6) is 0 Å². The molecule has 0 saturated carbocycles. The number of hydrogen-bond acceptors (Lipinski definition) is 4. The SMILES string of the molecule is C=Cc1cc(-c2ncc3c(n2)CC=C3c2ccc3nccn3c2)ccc1N=C. The van der Waals surface area contributed by atoms with Gasteiger partial charge in [0.05, 0.1) is 11.4 Å². The zero-order chi connectivity index (χ0) is 19.1. The normalized spacial score (nSPS) is 12.6. The van der Waals surface area contributed by atoms with Gasteiger partial charge in [-0.25, -0.2) is 15.0 Å². The Kier molecular flexibility index (Phi) is 3.72. The Bertz CT molecular complexity index is 1280. The van der Waals surface area contributed by atoms with Crippen LogP contribution in [-0.2, 0) is 6.42 Å². The summed E-state index contributed by atoms with van der Waals surface area (Å²) >= 11 is 0. The van der Waals surface area contributed by atoms with Crippen molar-refractivity contribution < 1.29 is 0 Å². The molecular weight excluding hydrogens is 346 g/mol. The summed E-state index contributed by atoms with van der Waals surface area (Å²) in [5.74, 6) is 0.706. The summed E-state index contributed by atoms with van der Waals surface area (Å²) in [7, 11) is 0. The van der Waals surface area contributed by atoms with Crippen LogP contribution in [0.25, 0.3) is 28.7 Å². The molecule has 5 heteroatoms. The summed E-state index contributed by atoms with van der Waals surface area (Å²) in [5.41, 5.74) is 8.02. The molecule has 0 N–H and O–H groups in total. The number of aliphatic imine (C=N–C) groups is 1. The van der Waals surface area contributed by atoms with Crippen LogP contribution in [0.3, 0.4) is 0 Å². The van der Waals surface area contributed by atoms with Gasteiger partial charge >= 0.3 is 0 Å². The standard InChI is InChI=1S/C23H17N5/c1-3-15-12-16(4-7-20(15)24-2)23-26-13-19-18(6-8-21(19)27-23)17-5-9-22-25-10-11-28(22)14-17/h3-7,9-14H,1-2,8H2. The summed E-state index contributed by atoms with van der Waals surface area (Å²) in [6.07, 6.45) is 12.5. The second-order valence-electron chi connectivity index (χ2n) is 6.62. The number of benzene rings is 1. The highest BCUT2D eigenvalue weighted by Crippen LogP contribution is 2.33. The lowest BCUT2D eigenvalue weighted by molar-refractivity contribution is 1.07. The molecule has 0 radical (unpaired) electrons. The van der Waals surface area contributed by atoms with E-state index in [0.717, 1.165) is 51.3 Å². The highest BCUT2D eigenvalue weighted by Gasteiger charge is 2.19. The largest absolute Gasteiger partial charge is 0.306 e. The maximum atomic E-state index is 4.82. The minimum Gasteiger partial charge on any atom is -0.306 e. The maximum Gasteiger partial charge on any atom is 0.159 e. The minimum atomic E-state index is 0.706. The monoisotopic (exact) mass is 363 g/mol. The summed E-state index contributed by atoms with van der Waals surface area (Å²) in [5, 5.41) is 0. The Morgan fingerprint density at radius 1 is 1.11 bits per heavy atom. The van der Waals surface area contributed by atoms with E-state index < -0.39 is 0 Å². The van der Waals surface area contributed by atoms with Crippen molar-refractivity contribution in [3.05, 3.63) is 90.2 Å². The number of pyridine rings is 1. The van der Waals surface area contributed by atoms with E-state index in [1.165, 1.54) is 0 Å². The summed E-state index contributed by atoms with van der Waals surface area (Å²) < 4.78 is 2.02. The number of hydrogen-bond donors (Lipinski definition) is 0. The van der Waals surface area contributed by atoms with Gasteiger partial charge in [0.25, 0.3) is 0 Å². The Hall–Kier alpha value is -3.86. The van der Waals surface area contributed by atoms with Crippen LogP contribution in [-0.4, -0.2) is 26.1 Å². The third kappa shape index (κ3) is 2.56. The number of rotatable bonds is 4. The van der Waals surface area contributed by atoms with Gasteiger partial charge in [-0.05, 0) is 48.2 Å². The van der Waals surface area contributed by atoms with E-state index in [4.69, 9.17) is 4.98 Å². The van der Waals surface area contributed by atoms with Gasteiger partial charge in [0.2, 0.25) is 0 Å². The lowest BCUT2D eigenvalue weighted by Gasteiger charge is -2.09. The van der Waals surface area contributed by atoms with Crippen LogP contribution >= 0.6 is 0 Å². The average Bonchev–Trinajstić information content (AvgIpc) is 3.38. The Morgan fingerprint density at radius 3 is 2.86 bits per heavy atom. The van der Waals surface area contributed by atoms with Crippen molar-refractivity contribution in [3.8, 4) is 11.4 Å². The van der Waals surface area contributed by atoms with Gasteiger partial charge in [-0.3, -0.25) is 4.99 Å². The Morgan fingerprint density at radius 2 is 2.00 bits per heavy atom. The van der Waals surface area contributed by atoms with Crippen molar-refractivity contribution in [2.24, 2.45) is 4.99 Å². The first kappa shape index (κ1) is 16.3. The first-order chi connectivity index (χ1) is 13.8. The molecule has 0 fully saturated rings. The van der Waals surface area contributed by atoms with Crippen LogP contribution in [0.2, 0.25) is 0 Å². The van der Waals surface area contributed by atoms with Crippen molar-refractivity contribution in [1.82, 2.24) is 19.4 Å². The molecule has 28 heavy (non-hydrogen) atoms. The van der Waals surface area contributed by atoms with Crippen LogP contribution in [0.15, 0.2) is 72.8 Å². The lowest BCUT2D eigenvalue weighted by atomic mass is 10.0. The van der Waals surface area contributed by atoms with Crippen LogP contribution in [0, 0.1) is 0 Å². The van der Waals surface area contributed by atoms with E-state index in [9.17, 15) is 0 Å². The van der Waals surface area contributed by atoms with Gasteiger partial charge in [-0.1, -0.05) is 18.7 Å². The van der Waals surface area contributed by atoms with Crippen molar-refractivity contribution >= 4 is 29.7 Å². The molecule has 1 aliphatic rings. The second kappa shape index (κ2) is 6.39. The van der Waals surface area contributed by atoms with E-state index in [1.807, 2.05) is 41.1 Å². The highest BCUT2D eigenvalue weighted by molar-refractivity contribution is 5.84. The molecule has 1 aliphatic carbocycles. The lowest BCUT2D eigenvalue weighted by Crippen LogP contribution is -1.98. The quantitative estimate of drug-likeness (QED) is 0.492. The fourth-order valence-electron chi connectivity index (χ4n) is 3.60. The molecular formula is C23H17N5. The number of aromatic nitrogens is 4. The molecule has 1 aromatic carbocycles. The van der Waals surface area contributed by atoms with E-state index in [2.05, 4.69) is 46.6 Å². The Labute approximate surface area is 162 Å². The van der Waals surface area contributed by atoms with Crippen molar-refractivity contribution in [1.29, 1.82) is 0 Å². The highest BCUT2D eigenvalue weighted by atomic mass is 15.0. The molecule has 5 rings (SSSR count). The van der Waals surface area contributed by atoms with Crippen molar-refractivity contribution in [3.63, 3.8) is 0 Å². The molecule has 0 unspecified atom stereocenters. The number of imidazole rings is 1. The van der Waals surface area contributed by atoms with Crippen LogP contribution in [0.1, 0.15) is 22.4 Å². The predicted octanol–water partition coefficient (Wildman–Crippen LogP) is 4.75. The van der Waals surface area contributed by atoms with Gasteiger partial charge < -0.3 is 4.40 Å². The predicted molar refractivity (Wildman–Crippen MR) is 113 cm³/mol. The number of nitrogens with zero attached hydrogens (tertiary/aromatic N) is 5. The van der Waals surface area contributed by atoms with Crippen molar-refractivity contribution in [2.75, 3.05) is 0 Å². The van der Waals surface area contributed by atoms with E-state index in [-0.39, 0.29) is 0 Å². The van der Waals surface area contributed by atoms with Gasteiger partial charge in [0.15, 0.2) is 5.82 Å². The third-order valence-electron chi connectivity index (χ3n) is 5.03. The molecule has 134 valence electrons. The van der Waals surface area contributed by atoms with Gasteiger partial charge in [-0.15, -0.1) is 0 Å². The van der Waals surface area contributed by atoms with E-state index in [1.54, 1.807) is 12.3 Å². The van der Waals surface area contributed by atoms with E-state index in [0.29, 0.717) is 5.82 Å². The first-order valence-corrected chi connectivity index (χ1v) is 9.00. The minimum absolute atomic E-state index is 0.706. The van der Waals surface area contributed by atoms with E-state index >= 15 is 0 Å².